The lowest BCUT2D eigenvalue weighted by Gasteiger charge is -1.87. The van der Waals surface area contributed by atoms with E-state index in [0.717, 1.165) is 19.3 Å². The summed E-state index contributed by atoms with van der Waals surface area (Å²) < 4.78 is 9.09. The van der Waals surface area contributed by atoms with E-state index in [1.54, 1.807) is 6.08 Å². The Labute approximate surface area is 127 Å². The highest BCUT2D eigenvalue weighted by Crippen LogP contribution is 2.00. The number of esters is 1. The molecule has 0 unspecified atom stereocenters. The number of hydrogen-bond acceptors (Lipinski definition) is 3. The third-order valence-corrected chi connectivity index (χ3v) is 2.42. The van der Waals surface area contributed by atoms with Crippen LogP contribution in [0.25, 0.3) is 6.08 Å². The summed E-state index contributed by atoms with van der Waals surface area (Å²) >= 11 is 0. The number of ether oxygens (including phenoxy) is 2. The van der Waals surface area contributed by atoms with E-state index in [0.29, 0.717) is 0 Å². The zero-order valence-corrected chi connectivity index (χ0v) is 12.7. The second-order valence-electron chi connectivity index (χ2n) is 4.05. The van der Waals surface area contributed by atoms with Gasteiger partial charge in [-0.3, -0.25) is 0 Å². The van der Waals surface area contributed by atoms with Gasteiger partial charge in [0.1, 0.15) is 0 Å². The normalized spacial score (nSPS) is 12.4. The Morgan fingerprint density at radius 1 is 1.19 bits per heavy atom. The number of carbonyl (C=O) groups is 1. The highest BCUT2D eigenvalue weighted by molar-refractivity contribution is 5.80. The zero-order chi connectivity index (χ0) is 15.8. The van der Waals surface area contributed by atoms with Crippen LogP contribution in [0.4, 0.5) is 0 Å². The Morgan fingerprint density at radius 3 is 2.14 bits per heavy atom. The molecule has 1 fully saturated rings. The van der Waals surface area contributed by atoms with Gasteiger partial charge in [0.2, 0.25) is 0 Å². The van der Waals surface area contributed by atoms with Crippen molar-refractivity contribution < 1.29 is 14.3 Å². The first kappa shape index (κ1) is 18.9. The van der Waals surface area contributed by atoms with Crippen LogP contribution in [0.3, 0.4) is 0 Å². The molecule has 0 radical (unpaired) electrons. The molecule has 21 heavy (non-hydrogen) atoms. The molecule has 2 rings (SSSR count). The van der Waals surface area contributed by atoms with Crippen LogP contribution in [-0.4, -0.2) is 26.3 Å². The Morgan fingerprint density at radius 2 is 1.81 bits per heavy atom. The molecule has 3 heteroatoms. The van der Waals surface area contributed by atoms with Gasteiger partial charge in [-0.25, -0.2) is 4.79 Å². The summed E-state index contributed by atoms with van der Waals surface area (Å²) in [7, 11) is 1.31. The fourth-order valence-corrected chi connectivity index (χ4v) is 1.34. The van der Waals surface area contributed by atoms with Gasteiger partial charge < -0.3 is 9.47 Å². The highest BCUT2D eigenvalue weighted by Gasteiger charge is 1.94. The van der Waals surface area contributed by atoms with Gasteiger partial charge in [-0.15, -0.1) is 0 Å². The van der Waals surface area contributed by atoms with Gasteiger partial charge in [0.05, 0.1) is 7.11 Å². The van der Waals surface area contributed by atoms with Crippen LogP contribution in [0.5, 0.6) is 0 Å². The van der Waals surface area contributed by atoms with Crippen molar-refractivity contribution in [1.29, 1.82) is 0 Å². The third kappa shape index (κ3) is 12.6. The number of rotatable bonds is 3. The van der Waals surface area contributed by atoms with Gasteiger partial charge in [0.15, 0.2) is 0 Å². The molecule has 0 bridgehead atoms. The molecule has 1 aromatic carbocycles. The maximum Gasteiger partial charge on any atom is 0.329 e. The van der Waals surface area contributed by atoms with E-state index in [4.69, 9.17) is 4.74 Å². The van der Waals surface area contributed by atoms with Crippen molar-refractivity contribution in [2.75, 3.05) is 20.3 Å². The molecule has 0 amide bonds. The van der Waals surface area contributed by atoms with Crippen LogP contribution in [0.2, 0.25) is 0 Å². The van der Waals surface area contributed by atoms with E-state index in [-0.39, 0.29) is 0 Å². The van der Waals surface area contributed by atoms with E-state index in [1.807, 2.05) is 30.4 Å². The van der Waals surface area contributed by atoms with Crippen molar-refractivity contribution in [2.24, 2.45) is 0 Å². The lowest BCUT2D eigenvalue weighted by Crippen LogP contribution is -1.91. The minimum Gasteiger partial charge on any atom is -0.466 e. The largest absolute Gasteiger partial charge is 0.466 e. The summed E-state index contributed by atoms with van der Waals surface area (Å²) in [4.78, 5) is 9.84. The standard InChI is InChI=1S/C10H10.C4H6O2.C4H8O/c1-2-3-7-10-8-5-4-6-9-10;1-3-4(5)6-2;1-2-4-5-3-1/h2-9H,1H2;3H,1H2,2H3;1-4H2. The molecular formula is C18H24O3. The topological polar surface area (TPSA) is 35.5 Å². The van der Waals surface area contributed by atoms with Crippen molar-refractivity contribution in [3.63, 3.8) is 0 Å². The minimum atomic E-state index is -0.394. The van der Waals surface area contributed by atoms with Gasteiger partial charge in [0, 0.05) is 19.3 Å². The number of allylic oxidation sites excluding steroid dienone is 2. The fourth-order valence-electron chi connectivity index (χ4n) is 1.34. The maximum atomic E-state index is 9.84. The molecule has 0 atom stereocenters. The number of methoxy groups -OCH3 is 1. The van der Waals surface area contributed by atoms with Gasteiger partial charge in [-0.2, -0.15) is 0 Å². The smallest absolute Gasteiger partial charge is 0.329 e. The summed E-state index contributed by atoms with van der Waals surface area (Å²) in [5.41, 5.74) is 1.21. The molecule has 0 aliphatic carbocycles. The highest BCUT2D eigenvalue weighted by atomic mass is 16.5. The molecule has 1 aliphatic heterocycles. The van der Waals surface area contributed by atoms with Crippen LogP contribution in [-0.2, 0) is 14.3 Å². The molecule has 1 aliphatic rings. The number of carbonyl (C=O) groups excluding carboxylic acids is 1. The van der Waals surface area contributed by atoms with Crippen LogP contribution in [0.15, 0.2) is 61.7 Å². The fraction of sp³-hybridized carbons (Fsp3) is 0.278. The van der Waals surface area contributed by atoms with Crippen LogP contribution >= 0.6 is 0 Å². The predicted molar refractivity (Wildman–Crippen MR) is 87.9 cm³/mol. The monoisotopic (exact) mass is 288 g/mol. The average Bonchev–Trinajstić information content (AvgIpc) is 3.13. The maximum absolute atomic E-state index is 9.84. The molecule has 3 nitrogen and oxygen atoms in total. The lowest BCUT2D eigenvalue weighted by atomic mass is 10.2. The summed E-state index contributed by atoms with van der Waals surface area (Å²) in [6.45, 7) is 8.75. The Balaban J connectivity index is 0.000000311. The second kappa shape index (κ2) is 14.3. The lowest BCUT2D eigenvalue weighted by molar-refractivity contribution is -0.134. The van der Waals surface area contributed by atoms with E-state index in [9.17, 15) is 4.79 Å². The third-order valence-electron chi connectivity index (χ3n) is 2.42. The van der Waals surface area contributed by atoms with E-state index in [2.05, 4.69) is 30.0 Å². The second-order valence-corrected chi connectivity index (χ2v) is 4.05. The van der Waals surface area contributed by atoms with Crippen molar-refractivity contribution in [3.8, 4) is 0 Å². The van der Waals surface area contributed by atoms with Crippen LogP contribution in [0.1, 0.15) is 18.4 Å². The molecule has 1 heterocycles. The minimum absolute atomic E-state index is 0.394. The van der Waals surface area contributed by atoms with Crippen molar-refractivity contribution in [2.45, 2.75) is 12.8 Å². The van der Waals surface area contributed by atoms with Gasteiger partial charge in [0.25, 0.3) is 0 Å². The molecule has 0 aromatic heterocycles. The molecule has 0 spiro atoms. The first-order valence-electron chi connectivity index (χ1n) is 6.87. The summed E-state index contributed by atoms with van der Waals surface area (Å²) in [6.07, 6.45) is 9.38. The molecule has 114 valence electrons. The van der Waals surface area contributed by atoms with Crippen molar-refractivity contribution in [3.05, 3.63) is 67.3 Å². The van der Waals surface area contributed by atoms with Crippen molar-refractivity contribution >= 4 is 12.0 Å². The molecular weight excluding hydrogens is 264 g/mol. The Hall–Kier alpha value is -2.13. The summed E-state index contributed by atoms with van der Waals surface area (Å²) in [5.74, 6) is -0.394. The Kier molecular flexibility index (Phi) is 12.8. The molecule has 0 N–H and O–H groups in total. The zero-order valence-electron chi connectivity index (χ0n) is 12.7. The predicted octanol–water partition coefficient (Wildman–Crippen LogP) is 4.03. The number of benzene rings is 1. The van der Waals surface area contributed by atoms with Crippen molar-refractivity contribution in [1.82, 2.24) is 0 Å². The van der Waals surface area contributed by atoms with Gasteiger partial charge >= 0.3 is 5.97 Å². The van der Waals surface area contributed by atoms with Crippen LogP contribution in [0, 0.1) is 0 Å². The molecule has 0 saturated carbocycles. The Bertz CT molecular complexity index is 410. The molecule has 1 saturated heterocycles. The SMILES string of the molecule is C1CCOC1.C=CC(=O)OC.C=CC=Cc1ccccc1. The summed E-state index contributed by atoms with van der Waals surface area (Å²) in [5, 5.41) is 0. The van der Waals surface area contributed by atoms with E-state index >= 15 is 0 Å². The number of hydrogen-bond donors (Lipinski definition) is 0. The first-order valence-corrected chi connectivity index (χ1v) is 6.87. The quantitative estimate of drug-likeness (QED) is 0.478. The summed E-state index contributed by atoms with van der Waals surface area (Å²) in [6, 6.07) is 10.1. The van der Waals surface area contributed by atoms with Gasteiger partial charge in [-0.1, -0.05) is 61.7 Å². The average molecular weight is 288 g/mol. The molecule has 1 aromatic rings. The van der Waals surface area contributed by atoms with E-state index < -0.39 is 5.97 Å². The first-order chi connectivity index (χ1) is 10.2. The van der Waals surface area contributed by atoms with E-state index in [1.165, 1.54) is 25.5 Å². The van der Waals surface area contributed by atoms with Gasteiger partial charge in [-0.05, 0) is 18.4 Å². The van der Waals surface area contributed by atoms with Crippen LogP contribution < -0.4 is 0 Å².